The highest BCUT2D eigenvalue weighted by Crippen LogP contribution is 2.32. The maximum Gasteiger partial charge on any atom is 0.282 e. The maximum absolute atomic E-state index is 13.4. The molecule has 168 valence electrons. The quantitative estimate of drug-likeness (QED) is 0.430. The summed E-state index contributed by atoms with van der Waals surface area (Å²) in [4.78, 5) is 18.3. The molecule has 0 radical (unpaired) electrons. The van der Waals surface area contributed by atoms with Crippen LogP contribution < -0.4 is 5.56 Å². The van der Waals surface area contributed by atoms with Crippen LogP contribution in [0, 0.1) is 13.8 Å². The predicted octanol–water partition coefficient (Wildman–Crippen LogP) is 5.44. The number of nitrogens with zero attached hydrogens (tertiary/aromatic N) is 4. The fraction of sp³-hybridized carbons (Fsp3) is 0.296. The minimum Gasteiger partial charge on any atom is -0.508 e. The van der Waals surface area contributed by atoms with E-state index in [0.29, 0.717) is 5.39 Å². The molecule has 0 amide bonds. The van der Waals surface area contributed by atoms with Crippen molar-refractivity contribution in [3.05, 3.63) is 87.7 Å². The molecule has 1 aliphatic rings. The van der Waals surface area contributed by atoms with E-state index >= 15 is 0 Å². The molecule has 0 atom stereocenters. The topological polar surface area (TPSA) is 72.4 Å². The second-order valence-corrected chi connectivity index (χ2v) is 8.86. The number of phenols is 1. The van der Waals surface area contributed by atoms with E-state index in [2.05, 4.69) is 15.7 Å². The van der Waals surface area contributed by atoms with Gasteiger partial charge in [-0.1, -0.05) is 31.4 Å². The van der Waals surface area contributed by atoms with Crippen molar-refractivity contribution in [1.29, 1.82) is 0 Å². The summed E-state index contributed by atoms with van der Waals surface area (Å²) in [7, 11) is 0. The van der Waals surface area contributed by atoms with Crippen LogP contribution >= 0.6 is 0 Å². The molecular weight excluding hydrogens is 412 g/mol. The van der Waals surface area contributed by atoms with E-state index in [0.717, 1.165) is 59.7 Å². The Kier molecular flexibility index (Phi) is 5.58. The third kappa shape index (κ3) is 3.97. The summed E-state index contributed by atoms with van der Waals surface area (Å²) in [6, 6.07) is 16.7. The molecule has 1 N–H and O–H groups in total. The van der Waals surface area contributed by atoms with Crippen molar-refractivity contribution in [3.8, 4) is 11.4 Å². The SMILES string of the molecule is Cc1cc(C=Nn2c(C3CCCCC3)nc3ccccc3c2=O)c(C)n1-c1ccc(O)cc1. The van der Waals surface area contributed by atoms with Crippen LogP contribution in [0.5, 0.6) is 5.75 Å². The van der Waals surface area contributed by atoms with E-state index in [1.165, 1.54) is 11.1 Å². The van der Waals surface area contributed by atoms with Crippen LogP contribution in [0.15, 0.2) is 64.5 Å². The Morgan fingerprint density at radius 2 is 1.76 bits per heavy atom. The number of para-hydroxylation sites is 1. The number of aromatic hydroxyl groups is 1. The van der Waals surface area contributed by atoms with Gasteiger partial charge in [0.15, 0.2) is 0 Å². The van der Waals surface area contributed by atoms with Gasteiger partial charge in [0.05, 0.1) is 17.1 Å². The molecule has 2 aromatic carbocycles. The molecule has 2 heterocycles. The number of aryl methyl sites for hydroxylation is 1. The van der Waals surface area contributed by atoms with Crippen molar-refractivity contribution < 1.29 is 5.11 Å². The molecule has 0 spiro atoms. The summed E-state index contributed by atoms with van der Waals surface area (Å²) < 4.78 is 3.63. The van der Waals surface area contributed by atoms with Crippen LogP contribution in [0.4, 0.5) is 0 Å². The van der Waals surface area contributed by atoms with Gasteiger partial charge >= 0.3 is 0 Å². The molecule has 4 aromatic rings. The molecule has 0 saturated heterocycles. The first-order chi connectivity index (χ1) is 16.0. The van der Waals surface area contributed by atoms with Crippen LogP contribution in [0.25, 0.3) is 16.6 Å². The summed E-state index contributed by atoms with van der Waals surface area (Å²) in [5.74, 6) is 1.25. The third-order valence-electron chi connectivity index (χ3n) is 6.64. The van der Waals surface area contributed by atoms with Gasteiger partial charge in [0.1, 0.15) is 11.6 Å². The molecule has 1 fully saturated rings. The standard InChI is InChI=1S/C27H28N4O2/c1-18-16-21(19(2)30(18)22-12-14-23(32)15-13-22)17-28-31-26(20-8-4-3-5-9-20)29-25-11-7-6-10-24(25)27(31)33/h6-7,10-17,20,32H,3-5,8-9H2,1-2H3. The molecule has 2 aromatic heterocycles. The van der Waals surface area contributed by atoms with Crippen molar-refractivity contribution in [2.75, 3.05) is 0 Å². The van der Waals surface area contributed by atoms with E-state index in [9.17, 15) is 9.90 Å². The summed E-state index contributed by atoms with van der Waals surface area (Å²) in [5, 5.41) is 14.9. The predicted molar refractivity (Wildman–Crippen MR) is 132 cm³/mol. The molecular formula is C27H28N4O2. The third-order valence-corrected chi connectivity index (χ3v) is 6.64. The summed E-state index contributed by atoms with van der Waals surface area (Å²) in [6.07, 6.45) is 7.39. The molecule has 0 unspecified atom stereocenters. The van der Waals surface area contributed by atoms with Gasteiger partial charge in [-0.3, -0.25) is 4.79 Å². The van der Waals surface area contributed by atoms with Crippen LogP contribution in [0.3, 0.4) is 0 Å². The van der Waals surface area contributed by atoms with E-state index in [1.807, 2.05) is 50.2 Å². The summed E-state index contributed by atoms with van der Waals surface area (Å²) >= 11 is 0. The van der Waals surface area contributed by atoms with E-state index in [-0.39, 0.29) is 17.2 Å². The Bertz CT molecular complexity index is 1390. The highest BCUT2D eigenvalue weighted by atomic mass is 16.3. The molecule has 1 saturated carbocycles. The van der Waals surface area contributed by atoms with Gasteiger partial charge in [0.2, 0.25) is 0 Å². The molecule has 0 bridgehead atoms. The molecule has 0 aliphatic heterocycles. The Morgan fingerprint density at radius 1 is 1.03 bits per heavy atom. The zero-order valence-corrected chi connectivity index (χ0v) is 19.0. The number of phenolic OH excluding ortho intramolecular Hbond substituents is 1. The monoisotopic (exact) mass is 440 g/mol. The van der Waals surface area contributed by atoms with Gasteiger partial charge in [-0.15, -0.1) is 0 Å². The van der Waals surface area contributed by atoms with Crippen molar-refractivity contribution in [1.82, 2.24) is 14.2 Å². The van der Waals surface area contributed by atoms with Crippen molar-refractivity contribution >= 4 is 17.1 Å². The van der Waals surface area contributed by atoms with E-state index < -0.39 is 0 Å². The van der Waals surface area contributed by atoms with Gasteiger partial charge in [0, 0.05) is 28.6 Å². The van der Waals surface area contributed by atoms with Gasteiger partial charge in [-0.05, 0) is 69.2 Å². The van der Waals surface area contributed by atoms with Crippen molar-refractivity contribution in [3.63, 3.8) is 0 Å². The van der Waals surface area contributed by atoms with Gasteiger partial charge in [-0.2, -0.15) is 9.78 Å². The second kappa shape index (κ2) is 8.70. The lowest BCUT2D eigenvalue weighted by atomic mass is 9.88. The largest absolute Gasteiger partial charge is 0.508 e. The number of fused-ring (bicyclic) bond motifs is 1. The Balaban J connectivity index is 1.60. The Hall–Kier alpha value is -3.67. The minimum atomic E-state index is -0.121. The highest BCUT2D eigenvalue weighted by Gasteiger charge is 2.22. The number of hydrogen-bond acceptors (Lipinski definition) is 4. The molecule has 6 nitrogen and oxygen atoms in total. The average Bonchev–Trinajstić information content (AvgIpc) is 3.12. The first-order valence-corrected chi connectivity index (χ1v) is 11.6. The van der Waals surface area contributed by atoms with Gasteiger partial charge in [-0.25, -0.2) is 4.98 Å². The fourth-order valence-electron chi connectivity index (χ4n) is 4.91. The number of aromatic nitrogens is 3. The Labute approximate surface area is 192 Å². The second-order valence-electron chi connectivity index (χ2n) is 8.86. The van der Waals surface area contributed by atoms with Gasteiger partial charge < -0.3 is 9.67 Å². The first kappa shape index (κ1) is 21.2. The Morgan fingerprint density at radius 3 is 2.52 bits per heavy atom. The van der Waals surface area contributed by atoms with Crippen LogP contribution in [0.1, 0.15) is 60.8 Å². The lowest BCUT2D eigenvalue weighted by Gasteiger charge is -2.22. The van der Waals surface area contributed by atoms with Crippen LogP contribution in [-0.2, 0) is 0 Å². The molecule has 1 aliphatic carbocycles. The first-order valence-electron chi connectivity index (χ1n) is 11.6. The normalized spacial score (nSPS) is 15.0. The van der Waals surface area contributed by atoms with Crippen molar-refractivity contribution in [2.45, 2.75) is 51.9 Å². The highest BCUT2D eigenvalue weighted by molar-refractivity contribution is 5.82. The molecule has 5 rings (SSSR count). The van der Waals surface area contributed by atoms with E-state index in [4.69, 9.17) is 4.98 Å². The summed E-state index contributed by atoms with van der Waals surface area (Å²) in [5.41, 5.74) is 4.59. The number of rotatable bonds is 4. The van der Waals surface area contributed by atoms with Crippen LogP contribution in [-0.4, -0.2) is 25.5 Å². The molecule has 6 heteroatoms. The lowest BCUT2D eigenvalue weighted by Crippen LogP contribution is -2.25. The fourth-order valence-corrected chi connectivity index (χ4v) is 4.91. The zero-order valence-electron chi connectivity index (χ0n) is 19.0. The van der Waals surface area contributed by atoms with Gasteiger partial charge in [0.25, 0.3) is 5.56 Å². The number of benzene rings is 2. The van der Waals surface area contributed by atoms with Crippen molar-refractivity contribution in [2.24, 2.45) is 5.10 Å². The minimum absolute atomic E-state index is 0.121. The van der Waals surface area contributed by atoms with Crippen LogP contribution in [0.2, 0.25) is 0 Å². The lowest BCUT2D eigenvalue weighted by molar-refractivity contribution is 0.416. The maximum atomic E-state index is 13.4. The number of hydrogen-bond donors (Lipinski definition) is 1. The average molecular weight is 441 g/mol. The molecule has 33 heavy (non-hydrogen) atoms. The smallest absolute Gasteiger partial charge is 0.282 e. The van der Waals surface area contributed by atoms with E-state index in [1.54, 1.807) is 18.3 Å². The summed E-state index contributed by atoms with van der Waals surface area (Å²) in [6.45, 7) is 4.07. The zero-order chi connectivity index (χ0) is 22.9.